The van der Waals surface area contributed by atoms with Crippen LogP contribution in [0.5, 0.6) is 0 Å². The number of primary amides is 1. The molecule has 0 radical (unpaired) electrons. The summed E-state index contributed by atoms with van der Waals surface area (Å²) in [5.41, 5.74) is 7.16. The zero-order valence-corrected chi connectivity index (χ0v) is 14.4. The van der Waals surface area contributed by atoms with Crippen LogP contribution in [0.4, 0.5) is 10.5 Å². The van der Waals surface area contributed by atoms with Crippen molar-refractivity contribution in [3.63, 3.8) is 0 Å². The molecule has 0 fully saturated rings. The lowest BCUT2D eigenvalue weighted by atomic mass is 10.0. The molecule has 0 saturated carbocycles. The van der Waals surface area contributed by atoms with Gasteiger partial charge in [-0.25, -0.2) is 4.79 Å². The van der Waals surface area contributed by atoms with Gasteiger partial charge in [-0.05, 0) is 42.0 Å². The second-order valence-corrected chi connectivity index (χ2v) is 6.48. The summed E-state index contributed by atoms with van der Waals surface area (Å²) >= 11 is 1.63. The maximum atomic E-state index is 12.6. The lowest BCUT2D eigenvalue weighted by Crippen LogP contribution is -2.49. The Labute approximate surface area is 136 Å². The topological polar surface area (TPSA) is 75.4 Å². The lowest BCUT2D eigenvalue weighted by Gasteiger charge is -2.24. The van der Waals surface area contributed by atoms with E-state index in [0.717, 1.165) is 11.4 Å². The van der Waals surface area contributed by atoms with Crippen LogP contribution < -0.4 is 16.0 Å². The first-order chi connectivity index (χ1) is 10.4. The fraction of sp³-hybridized carbons (Fsp3) is 0.500. The fourth-order valence-electron chi connectivity index (χ4n) is 2.12. The molecule has 0 aliphatic rings. The van der Waals surface area contributed by atoms with Gasteiger partial charge in [0, 0.05) is 12.7 Å². The summed E-state index contributed by atoms with van der Waals surface area (Å²) in [6.45, 7) is 4.22. The van der Waals surface area contributed by atoms with Crippen LogP contribution in [-0.2, 0) is 4.79 Å². The number of anilines is 1. The number of nitrogens with one attached hydrogen (secondary N) is 1. The van der Waals surface area contributed by atoms with Crippen molar-refractivity contribution in [1.82, 2.24) is 5.32 Å². The van der Waals surface area contributed by atoms with Crippen molar-refractivity contribution in [3.8, 4) is 0 Å². The van der Waals surface area contributed by atoms with E-state index >= 15 is 0 Å². The van der Waals surface area contributed by atoms with Gasteiger partial charge >= 0.3 is 6.03 Å². The number of likely N-dealkylation sites (N-methyl/N-ethyl adjacent to an activating group) is 1. The number of hydrogen-bond donors (Lipinski definition) is 2. The van der Waals surface area contributed by atoms with Gasteiger partial charge in [0.2, 0.25) is 5.91 Å². The molecule has 3 N–H and O–H groups in total. The number of benzene rings is 1. The molecule has 6 heteroatoms. The Morgan fingerprint density at radius 1 is 1.36 bits per heavy atom. The first-order valence-electron chi connectivity index (χ1n) is 7.29. The Morgan fingerprint density at radius 3 is 2.59 bits per heavy atom. The summed E-state index contributed by atoms with van der Waals surface area (Å²) in [6, 6.07) is 6.59. The molecule has 0 heterocycles. The monoisotopic (exact) mass is 323 g/mol. The van der Waals surface area contributed by atoms with Crippen molar-refractivity contribution >= 4 is 29.4 Å². The second-order valence-electron chi connectivity index (χ2n) is 5.49. The number of carbonyl (C=O) groups is 2. The lowest BCUT2D eigenvalue weighted by molar-refractivity contribution is -0.120. The summed E-state index contributed by atoms with van der Waals surface area (Å²) in [6.07, 6.45) is 2.51. The molecular formula is C16H25N3O2S. The van der Waals surface area contributed by atoms with Crippen LogP contribution in [0.3, 0.4) is 0 Å². The molecule has 5 nitrogen and oxygen atoms in total. The Hall–Kier alpha value is -1.69. The number of amides is 3. The maximum Gasteiger partial charge on any atom is 0.312 e. The van der Waals surface area contributed by atoms with Gasteiger partial charge in [0.05, 0.1) is 0 Å². The standard InChI is InChI=1S/C16H25N3O2S/c1-11(2)12-6-5-7-13(10-12)19(3)15(20)14(8-9-22-4)18-16(17)21/h5-7,10-11,14H,8-9H2,1-4H3,(H3,17,18,21)/t14-/m1/s1. The van der Waals surface area contributed by atoms with E-state index in [1.54, 1.807) is 23.7 Å². The molecule has 0 unspecified atom stereocenters. The van der Waals surface area contributed by atoms with E-state index in [9.17, 15) is 9.59 Å². The van der Waals surface area contributed by atoms with Crippen molar-refractivity contribution in [2.45, 2.75) is 32.2 Å². The summed E-state index contributed by atoms with van der Waals surface area (Å²) in [7, 11) is 1.72. The number of carbonyl (C=O) groups excluding carboxylic acids is 2. The Bertz CT molecular complexity index is 520. The number of hydrogen-bond acceptors (Lipinski definition) is 3. The van der Waals surface area contributed by atoms with Gasteiger partial charge in [0.1, 0.15) is 6.04 Å². The van der Waals surface area contributed by atoms with Crippen LogP contribution in [0, 0.1) is 0 Å². The van der Waals surface area contributed by atoms with E-state index < -0.39 is 12.1 Å². The van der Waals surface area contributed by atoms with E-state index in [1.807, 2.05) is 30.5 Å². The number of urea groups is 1. The van der Waals surface area contributed by atoms with E-state index in [1.165, 1.54) is 5.56 Å². The minimum atomic E-state index is -0.677. The van der Waals surface area contributed by atoms with Gasteiger partial charge in [-0.1, -0.05) is 26.0 Å². The van der Waals surface area contributed by atoms with Crippen molar-refractivity contribution < 1.29 is 9.59 Å². The van der Waals surface area contributed by atoms with Crippen LogP contribution in [0.2, 0.25) is 0 Å². The van der Waals surface area contributed by atoms with Crippen LogP contribution in [0.15, 0.2) is 24.3 Å². The van der Waals surface area contributed by atoms with Gasteiger partial charge in [-0.2, -0.15) is 11.8 Å². The molecule has 1 aromatic rings. The molecule has 0 spiro atoms. The number of thioether (sulfide) groups is 1. The third kappa shape index (κ3) is 5.26. The molecule has 0 aliphatic heterocycles. The van der Waals surface area contributed by atoms with Crippen LogP contribution in [0.1, 0.15) is 31.7 Å². The molecule has 0 saturated heterocycles. The normalized spacial score (nSPS) is 12.0. The van der Waals surface area contributed by atoms with Gasteiger partial charge in [0.15, 0.2) is 0 Å². The molecule has 1 atom stereocenters. The molecule has 1 rings (SSSR count). The third-order valence-corrected chi connectivity index (χ3v) is 4.12. The zero-order chi connectivity index (χ0) is 16.7. The van der Waals surface area contributed by atoms with Crippen molar-refractivity contribution in [2.24, 2.45) is 5.73 Å². The molecule has 3 amide bonds. The second kappa shape index (κ2) is 8.68. The summed E-state index contributed by atoms with van der Waals surface area (Å²) in [4.78, 5) is 25.3. The minimum absolute atomic E-state index is 0.159. The maximum absolute atomic E-state index is 12.6. The smallest absolute Gasteiger partial charge is 0.312 e. The Kier molecular flexibility index (Phi) is 7.24. The molecule has 0 aliphatic carbocycles. The van der Waals surface area contributed by atoms with E-state index in [2.05, 4.69) is 19.2 Å². The minimum Gasteiger partial charge on any atom is -0.352 e. The van der Waals surface area contributed by atoms with E-state index in [-0.39, 0.29) is 5.91 Å². The van der Waals surface area contributed by atoms with Crippen molar-refractivity contribution in [2.75, 3.05) is 24.0 Å². The molecule has 22 heavy (non-hydrogen) atoms. The first-order valence-corrected chi connectivity index (χ1v) is 8.68. The van der Waals surface area contributed by atoms with Gasteiger partial charge in [0.25, 0.3) is 0 Å². The predicted octanol–water partition coefficient (Wildman–Crippen LogP) is 2.56. The van der Waals surface area contributed by atoms with Gasteiger partial charge < -0.3 is 16.0 Å². The highest BCUT2D eigenvalue weighted by Gasteiger charge is 2.24. The largest absolute Gasteiger partial charge is 0.352 e. The highest BCUT2D eigenvalue weighted by Crippen LogP contribution is 2.21. The third-order valence-electron chi connectivity index (χ3n) is 3.48. The van der Waals surface area contributed by atoms with Crippen LogP contribution in [0.25, 0.3) is 0 Å². The summed E-state index contributed by atoms with van der Waals surface area (Å²) in [5.74, 6) is 1.00. The van der Waals surface area contributed by atoms with E-state index in [4.69, 9.17) is 5.73 Å². The fourth-order valence-corrected chi connectivity index (χ4v) is 2.59. The summed E-state index contributed by atoms with van der Waals surface area (Å²) in [5, 5.41) is 2.54. The average Bonchev–Trinajstić information content (AvgIpc) is 2.49. The van der Waals surface area contributed by atoms with Gasteiger partial charge in [-0.3, -0.25) is 4.79 Å². The summed E-state index contributed by atoms with van der Waals surface area (Å²) < 4.78 is 0. The number of nitrogens with two attached hydrogens (primary N) is 1. The number of nitrogens with zero attached hydrogens (tertiary/aromatic N) is 1. The molecule has 0 bridgehead atoms. The van der Waals surface area contributed by atoms with Crippen LogP contribution in [-0.4, -0.2) is 37.0 Å². The molecule has 0 aromatic heterocycles. The average molecular weight is 323 g/mol. The predicted molar refractivity (Wildman–Crippen MR) is 93.4 cm³/mol. The highest BCUT2D eigenvalue weighted by atomic mass is 32.2. The Morgan fingerprint density at radius 2 is 2.05 bits per heavy atom. The zero-order valence-electron chi connectivity index (χ0n) is 13.6. The van der Waals surface area contributed by atoms with Crippen molar-refractivity contribution in [1.29, 1.82) is 0 Å². The molecule has 1 aromatic carbocycles. The Balaban J connectivity index is 2.92. The van der Waals surface area contributed by atoms with E-state index in [0.29, 0.717) is 12.3 Å². The van der Waals surface area contributed by atoms with Crippen molar-refractivity contribution in [3.05, 3.63) is 29.8 Å². The molecule has 122 valence electrons. The first kappa shape index (κ1) is 18.4. The van der Waals surface area contributed by atoms with Crippen LogP contribution >= 0.6 is 11.8 Å². The van der Waals surface area contributed by atoms with Gasteiger partial charge in [-0.15, -0.1) is 0 Å². The highest BCUT2D eigenvalue weighted by molar-refractivity contribution is 7.98. The quantitative estimate of drug-likeness (QED) is 0.810. The SMILES string of the molecule is CSCC[C@@H](NC(N)=O)C(=O)N(C)c1cccc(C(C)C)c1. The number of rotatable bonds is 7. The molecular weight excluding hydrogens is 298 g/mol.